The quantitative estimate of drug-likeness (QED) is 0.631. The average molecular weight is 244 g/mol. The molecule has 2 aliphatic heterocycles. The Kier molecular flexibility index (Phi) is 3.98. The molecule has 0 radical (unpaired) electrons. The lowest BCUT2D eigenvalue weighted by Crippen LogP contribution is -2.63. The van der Waals surface area contributed by atoms with E-state index in [1.165, 1.54) is 0 Å². The Bertz CT molecular complexity index is 279. The van der Waals surface area contributed by atoms with Crippen LogP contribution in [0, 0.1) is 0 Å². The molecule has 2 aliphatic rings. The second-order valence-electron chi connectivity index (χ2n) is 4.68. The van der Waals surface area contributed by atoms with Gasteiger partial charge in [0.05, 0.1) is 31.4 Å². The predicted octanol–water partition coefficient (Wildman–Crippen LogP) is -1.29. The molecule has 0 aromatic carbocycles. The van der Waals surface area contributed by atoms with Crippen molar-refractivity contribution in [2.24, 2.45) is 5.73 Å². The van der Waals surface area contributed by atoms with E-state index in [1.807, 2.05) is 0 Å². The average Bonchev–Trinajstić information content (AvgIpc) is 2.38. The molecule has 0 aliphatic carbocycles. The van der Waals surface area contributed by atoms with Crippen molar-refractivity contribution in [2.45, 2.75) is 24.4 Å². The molecule has 1 atom stereocenters. The van der Waals surface area contributed by atoms with Gasteiger partial charge in [-0.15, -0.1) is 0 Å². The Morgan fingerprint density at radius 2 is 2.06 bits per heavy atom. The van der Waals surface area contributed by atoms with Gasteiger partial charge in [0.2, 0.25) is 5.91 Å². The smallest absolute Gasteiger partial charge is 0.243 e. The predicted molar refractivity (Wildman–Crippen MR) is 60.4 cm³/mol. The first-order valence-corrected chi connectivity index (χ1v) is 6.04. The summed E-state index contributed by atoms with van der Waals surface area (Å²) in [5.41, 5.74) is 5.33. The van der Waals surface area contributed by atoms with Crippen LogP contribution in [-0.2, 0) is 14.3 Å². The van der Waals surface area contributed by atoms with Crippen LogP contribution >= 0.6 is 0 Å². The van der Waals surface area contributed by atoms with E-state index in [0.717, 1.165) is 0 Å². The summed E-state index contributed by atoms with van der Waals surface area (Å²) in [6.07, 6.45) is 1.09. The highest BCUT2D eigenvalue weighted by Crippen LogP contribution is 2.22. The highest BCUT2D eigenvalue weighted by molar-refractivity contribution is 5.86. The summed E-state index contributed by atoms with van der Waals surface area (Å²) in [6.45, 7) is 2.36. The highest BCUT2D eigenvalue weighted by atomic mass is 16.5. The van der Waals surface area contributed by atoms with Crippen LogP contribution in [0.1, 0.15) is 12.8 Å². The van der Waals surface area contributed by atoms with Crippen LogP contribution < -0.4 is 5.73 Å². The van der Waals surface area contributed by atoms with Gasteiger partial charge in [-0.2, -0.15) is 0 Å². The van der Waals surface area contributed by atoms with Gasteiger partial charge in [0, 0.05) is 19.8 Å². The Hall–Kier alpha value is -0.690. The van der Waals surface area contributed by atoms with Gasteiger partial charge in [-0.3, -0.25) is 4.79 Å². The Morgan fingerprint density at radius 1 is 1.35 bits per heavy atom. The SMILES string of the molecule is NC1(C(=O)N2CCOCC2CO)CCOCC1. The molecule has 1 amide bonds. The van der Waals surface area contributed by atoms with Crippen LogP contribution in [0.25, 0.3) is 0 Å². The number of morpholine rings is 1. The van der Waals surface area contributed by atoms with E-state index in [1.54, 1.807) is 4.90 Å². The normalized spacial score (nSPS) is 29.1. The monoisotopic (exact) mass is 244 g/mol. The van der Waals surface area contributed by atoms with E-state index in [2.05, 4.69) is 0 Å². The van der Waals surface area contributed by atoms with Crippen LogP contribution in [0.2, 0.25) is 0 Å². The molecular formula is C11H20N2O4. The summed E-state index contributed by atoms with van der Waals surface area (Å²) in [7, 11) is 0. The lowest BCUT2D eigenvalue weighted by atomic mass is 9.89. The molecular weight excluding hydrogens is 224 g/mol. The fourth-order valence-electron chi connectivity index (χ4n) is 2.31. The Balaban J connectivity index is 2.06. The van der Waals surface area contributed by atoms with Crippen molar-refractivity contribution in [1.82, 2.24) is 4.90 Å². The molecule has 2 heterocycles. The third kappa shape index (κ3) is 2.60. The Labute approximate surface area is 101 Å². The van der Waals surface area contributed by atoms with Crippen LogP contribution in [0.4, 0.5) is 0 Å². The lowest BCUT2D eigenvalue weighted by Gasteiger charge is -2.41. The van der Waals surface area contributed by atoms with E-state index in [0.29, 0.717) is 45.8 Å². The van der Waals surface area contributed by atoms with Crippen LogP contribution in [0.3, 0.4) is 0 Å². The fourth-order valence-corrected chi connectivity index (χ4v) is 2.31. The minimum absolute atomic E-state index is 0.0804. The number of carbonyl (C=O) groups excluding carboxylic acids is 1. The number of carbonyl (C=O) groups is 1. The highest BCUT2D eigenvalue weighted by Gasteiger charge is 2.41. The zero-order valence-electron chi connectivity index (χ0n) is 9.93. The third-order valence-electron chi connectivity index (χ3n) is 3.51. The van der Waals surface area contributed by atoms with E-state index in [9.17, 15) is 9.90 Å². The van der Waals surface area contributed by atoms with Crippen LogP contribution in [0.15, 0.2) is 0 Å². The molecule has 6 heteroatoms. The number of hydrogen-bond donors (Lipinski definition) is 2. The van der Waals surface area contributed by atoms with Crippen LogP contribution in [-0.4, -0.2) is 67.1 Å². The first-order chi connectivity index (χ1) is 8.17. The van der Waals surface area contributed by atoms with Gasteiger partial charge in [-0.25, -0.2) is 0 Å². The van der Waals surface area contributed by atoms with Crippen molar-refractivity contribution in [3.8, 4) is 0 Å². The molecule has 2 saturated heterocycles. The molecule has 0 spiro atoms. The van der Waals surface area contributed by atoms with Gasteiger partial charge in [-0.05, 0) is 12.8 Å². The maximum atomic E-state index is 12.4. The summed E-state index contributed by atoms with van der Waals surface area (Å²) >= 11 is 0. The molecule has 17 heavy (non-hydrogen) atoms. The second-order valence-corrected chi connectivity index (χ2v) is 4.68. The molecule has 98 valence electrons. The first-order valence-electron chi connectivity index (χ1n) is 6.04. The topological polar surface area (TPSA) is 85.0 Å². The molecule has 2 rings (SSSR count). The minimum atomic E-state index is -0.830. The maximum Gasteiger partial charge on any atom is 0.243 e. The number of aliphatic hydroxyl groups is 1. The van der Waals surface area contributed by atoms with E-state index in [-0.39, 0.29) is 18.6 Å². The summed E-state index contributed by atoms with van der Waals surface area (Å²) in [5, 5.41) is 9.25. The summed E-state index contributed by atoms with van der Waals surface area (Å²) in [4.78, 5) is 14.1. The third-order valence-corrected chi connectivity index (χ3v) is 3.51. The number of aliphatic hydroxyl groups excluding tert-OH is 1. The van der Waals surface area contributed by atoms with E-state index in [4.69, 9.17) is 15.2 Å². The molecule has 0 aromatic heterocycles. The van der Waals surface area contributed by atoms with Gasteiger partial charge in [-0.1, -0.05) is 0 Å². The van der Waals surface area contributed by atoms with Crippen molar-refractivity contribution in [3.05, 3.63) is 0 Å². The molecule has 3 N–H and O–H groups in total. The van der Waals surface area contributed by atoms with Crippen molar-refractivity contribution in [3.63, 3.8) is 0 Å². The number of hydrogen-bond acceptors (Lipinski definition) is 5. The number of rotatable bonds is 2. The lowest BCUT2D eigenvalue weighted by molar-refractivity contribution is -0.150. The zero-order valence-corrected chi connectivity index (χ0v) is 9.93. The summed E-state index contributed by atoms with van der Waals surface area (Å²) < 4.78 is 10.5. The minimum Gasteiger partial charge on any atom is -0.394 e. The van der Waals surface area contributed by atoms with Crippen molar-refractivity contribution in [1.29, 1.82) is 0 Å². The number of ether oxygens (including phenoxy) is 2. The van der Waals surface area contributed by atoms with Crippen molar-refractivity contribution >= 4 is 5.91 Å². The maximum absolute atomic E-state index is 12.4. The summed E-state index contributed by atoms with van der Waals surface area (Å²) in [5.74, 6) is -0.0804. The zero-order chi connectivity index (χ0) is 12.3. The number of amides is 1. The number of nitrogens with two attached hydrogens (primary N) is 1. The van der Waals surface area contributed by atoms with Gasteiger partial charge < -0.3 is 25.2 Å². The van der Waals surface area contributed by atoms with Gasteiger partial charge in [0.1, 0.15) is 0 Å². The molecule has 6 nitrogen and oxygen atoms in total. The standard InChI is InChI=1S/C11H20N2O4/c12-11(1-4-16-5-2-11)10(15)13-3-6-17-8-9(13)7-14/h9,14H,1-8,12H2. The van der Waals surface area contributed by atoms with Gasteiger partial charge >= 0.3 is 0 Å². The molecule has 0 aromatic rings. The van der Waals surface area contributed by atoms with E-state index < -0.39 is 5.54 Å². The van der Waals surface area contributed by atoms with Crippen molar-refractivity contribution in [2.75, 3.05) is 39.6 Å². The largest absolute Gasteiger partial charge is 0.394 e. The molecule has 0 saturated carbocycles. The molecule has 1 unspecified atom stereocenters. The van der Waals surface area contributed by atoms with Gasteiger partial charge in [0.15, 0.2) is 0 Å². The summed E-state index contributed by atoms with van der Waals surface area (Å²) in [6, 6.07) is -0.264. The van der Waals surface area contributed by atoms with E-state index >= 15 is 0 Å². The van der Waals surface area contributed by atoms with Crippen LogP contribution in [0.5, 0.6) is 0 Å². The molecule has 0 bridgehead atoms. The van der Waals surface area contributed by atoms with Crippen molar-refractivity contribution < 1.29 is 19.4 Å². The first kappa shape index (κ1) is 12.8. The fraction of sp³-hybridized carbons (Fsp3) is 0.909. The molecule has 2 fully saturated rings. The number of nitrogens with zero attached hydrogens (tertiary/aromatic N) is 1. The Morgan fingerprint density at radius 3 is 2.71 bits per heavy atom. The second kappa shape index (κ2) is 5.30. The van der Waals surface area contributed by atoms with Gasteiger partial charge in [0.25, 0.3) is 0 Å².